The molecule has 0 aromatic carbocycles. The average molecular weight is 1060 g/mol. The largest absolute Gasteiger partial charge is 0.545 e. The van der Waals surface area contributed by atoms with Crippen molar-refractivity contribution in [3.63, 3.8) is 0 Å². The fraction of sp³-hybridized carbons (Fsp3) is 0.657. The standard InChI is InChI=1S/C67H111NO8/c1-6-8-10-12-14-16-18-19-20-21-22-23-24-25-26-27-28-29-30-31-32-33-34-35-36-37-38-39-40-41-42-43-44-45-46-47-48-50-52-54-56-58-65(70)76-63(62-75-67(66(71)72)73-60-59-68(3,4)5)61-74-64(69)57-55-53-51-49-17-15-13-11-9-7-2/h8,10,14,16,19-20,22-23,25-26,28-29,31-32,34-35,37-38,40-41,63,67H,6-7,9,11-13,15,17-18,21,24,27,30,33,36,39,42-62H2,1-5H3/b10-8-,16-14-,20-19-,23-22-,26-25-,29-28-,32-31-,35-34-,38-37-,41-40-. The summed E-state index contributed by atoms with van der Waals surface area (Å²) in [5.74, 6) is -2.30. The van der Waals surface area contributed by atoms with E-state index in [1.54, 1.807) is 0 Å². The summed E-state index contributed by atoms with van der Waals surface area (Å²) < 4.78 is 22.6. The van der Waals surface area contributed by atoms with Gasteiger partial charge in [-0.05, 0) is 89.9 Å². The van der Waals surface area contributed by atoms with Crippen molar-refractivity contribution in [1.29, 1.82) is 0 Å². The number of carboxylic acids is 1. The van der Waals surface area contributed by atoms with Crippen molar-refractivity contribution in [1.82, 2.24) is 0 Å². The Labute approximate surface area is 466 Å². The molecule has 9 nitrogen and oxygen atoms in total. The van der Waals surface area contributed by atoms with Crippen molar-refractivity contribution < 1.29 is 42.9 Å². The van der Waals surface area contributed by atoms with Gasteiger partial charge in [0.05, 0.1) is 40.3 Å². The quantitative estimate of drug-likeness (QED) is 0.0195. The molecule has 9 heteroatoms. The van der Waals surface area contributed by atoms with Crippen molar-refractivity contribution in [3.05, 3.63) is 122 Å². The highest BCUT2D eigenvalue weighted by atomic mass is 16.7. The molecule has 0 fully saturated rings. The number of esters is 2. The Kier molecular flexibility index (Phi) is 53.7. The Bertz CT molecular complexity index is 1660. The Hall–Kier alpha value is -4.31. The van der Waals surface area contributed by atoms with E-state index in [2.05, 4.69) is 135 Å². The van der Waals surface area contributed by atoms with Crippen LogP contribution in [0.4, 0.5) is 0 Å². The van der Waals surface area contributed by atoms with Crippen molar-refractivity contribution in [3.8, 4) is 0 Å². The molecule has 432 valence electrons. The third kappa shape index (κ3) is 57.4. The third-order valence-corrected chi connectivity index (χ3v) is 12.5. The smallest absolute Gasteiger partial charge is 0.306 e. The Morgan fingerprint density at radius 3 is 1.12 bits per heavy atom. The summed E-state index contributed by atoms with van der Waals surface area (Å²) in [6.07, 6.45) is 77.0. The number of hydrogen-bond acceptors (Lipinski definition) is 8. The van der Waals surface area contributed by atoms with Crippen LogP contribution in [0.2, 0.25) is 0 Å². The second-order valence-corrected chi connectivity index (χ2v) is 20.9. The monoisotopic (exact) mass is 1060 g/mol. The molecule has 0 saturated carbocycles. The molecular weight excluding hydrogens is 947 g/mol. The van der Waals surface area contributed by atoms with Crippen LogP contribution in [-0.2, 0) is 33.3 Å². The van der Waals surface area contributed by atoms with Gasteiger partial charge < -0.3 is 33.3 Å². The maximum Gasteiger partial charge on any atom is 0.306 e. The number of quaternary nitrogens is 1. The van der Waals surface area contributed by atoms with Gasteiger partial charge in [-0.3, -0.25) is 9.59 Å². The highest BCUT2D eigenvalue weighted by Crippen LogP contribution is 2.15. The van der Waals surface area contributed by atoms with Crippen LogP contribution in [-0.4, -0.2) is 82.3 Å². The lowest BCUT2D eigenvalue weighted by Crippen LogP contribution is -2.44. The number of allylic oxidation sites excluding steroid dienone is 20. The van der Waals surface area contributed by atoms with Crippen LogP contribution in [0.3, 0.4) is 0 Å². The minimum Gasteiger partial charge on any atom is -0.545 e. The van der Waals surface area contributed by atoms with Crippen molar-refractivity contribution >= 4 is 17.9 Å². The minimum atomic E-state index is -1.63. The molecule has 0 aliphatic heterocycles. The molecule has 0 N–H and O–H groups in total. The van der Waals surface area contributed by atoms with Crippen molar-refractivity contribution in [2.75, 3.05) is 47.5 Å². The number of hydrogen-bond donors (Lipinski definition) is 0. The predicted octanol–water partition coefficient (Wildman–Crippen LogP) is 16.7. The van der Waals surface area contributed by atoms with Gasteiger partial charge in [0.25, 0.3) is 0 Å². The maximum atomic E-state index is 12.8. The fourth-order valence-corrected chi connectivity index (χ4v) is 7.86. The first-order chi connectivity index (χ1) is 37.1. The number of carbonyl (C=O) groups is 3. The van der Waals surface area contributed by atoms with Gasteiger partial charge in [0, 0.05) is 12.8 Å². The fourth-order valence-electron chi connectivity index (χ4n) is 7.86. The van der Waals surface area contributed by atoms with Crippen LogP contribution in [0.1, 0.15) is 226 Å². The molecule has 0 rings (SSSR count). The molecule has 0 aromatic rings. The first-order valence-corrected chi connectivity index (χ1v) is 30.2. The second kappa shape index (κ2) is 56.9. The third-order valence-electron chi connectivity index (χ3n) is 12.5. The summed E-state index contributed by atoms with van der Waals surface area (Å²) in [6, 6.07) is 0. The summed E-state index contributed by atoms with van der Waals surface area (Å²) in [4.78, 5) is 37.1. The number of carboxylic acid groups (broad SMARTS) is 1. The van der Waals surface area contributed by atoms with Crippen LogP contribution < -0.4 is 5.11 Å². The zero-order chi connectivity index (χ0) is 55.5. The number of carbonyl (C=O) groups excluding carboxylic acids is 3. The molecule has 0 aliphatic rings. The highest BCUT2D eigenvalue weighted by Gasteiger charge is 2.22. The molecule has 0 radical (unpaired) electrons. The second-order valence-electron chi connectivity index (χ2n) is 20.9. The number of rotatable bonds is 54. The normalized spacial score (nSPS) is 13.6. The Morgan fingerprint density at radius 2 is 0.750 bits per heavy atom. The number of unbranched alkanes of at least 4 members (excludes halogenated alkanes) is 19. The maximum absolute atomic E-state index is 12.8. The molecule has 0 saturated heterocycles. The first kappa shape index (κ1) is 71.7. The van der Waals surface area contributed by atoms with Crippen LogP contribution in [0.5, 0.6) is 0 Å². The number of ether oxygens (including phenoxy) is 4. The molecule has 0 aliphatic carbocycles. The van der Waals surface area contributed by atoms with E-state index in [1.165, 1.54) is 83.5 Å². The van der Waals surface area contributed by atoms with E-state index in [0.717, 1.165) is 109 Å². The van der Waals surface area contributed by atoms with E-state index >= 15 is 0 Å². The van der Waals surface area contributed by atoms with Crippen LogP contribution >= 0.6 is 0 Å². The molecule has 76 heavy (non-hydrogen) atoms. The van der Waals surface area contributed by atoms with E-state index in [0.29, 0.717) is 17.4 Å². The van der Waals surface area contributed by atoms with Crippen molar-refractivity contribution in [2.24, 2.45) is 0 Å². The first-order valence-electron chi connectivity index (χ1n) is 30.2. The van der Waals surface area contributed by atoms with E-state index < -0.39 is 24.3 Å². The van der Waals surface area contributed by atoms with Crippen LogP contribution in [0, 0.1) is 0 Å². The van der Waals surface area contributed by atoms with Gasteiger partial charge >= 0.3 is 11.9 Å². The summed E-state index contributed by atoms with van der Waals surface area (Å²) >= 11 is 0. The molecule has 0 spiro atoms. The highest BCUT2D eigenvalue weighted by molar-refractivity contribution is 5.70. The van der Waals surface area contributed by atoms with Gasteiger partial charge in [0.15, 0.2) is 12.4 Å². The van der Waals surface area contributed by atoms with Crippen LogP contribution in [0.15, 0.2) is 122 Å². The van der Waals surface area contributed by atoms with Gasteiger partial charge in [0.2, 0.25) is 0 Å². The Morgan fingerprint density at radius 1 is 0.408 bits per heavy atom. The average Bonchev–Trinajstić information content (AvgIpc) is 3.39. The number of likely N-dealkylation sites (N-methyl/N-ethyl adjacent to an activating group) is 1. The van der Waals surface area contributed by atoms with Gasteiger partial charge in [0.1, 0.15) is 13.2 Å². The van der Waals surface area contributed by atoms with E-state index in [-0.39, 0.29) is 38.6 Å². The van der Waals surface area contributed by atoms with E-state index in [1.807, 2.05) is 21.1 Å². The summed E-state index contributed by atoms with van der Waals surface area (Å²) in [5, 5.41) is 11.7. The molecule has 2 unspecified atom stereocenters. The van der Waals surface area contributed by atoms with E-state index in [9.17, 15) is 19.5 Å². The summed E-state index contributed by atoms with van der Waals surface area (Å²) in [5.41, 5.74) is 0. The lowest BCUT2D eigenvalue weighted by Gasteiger charge is -2.26. The summed E-state index contributed by atoms with van der Waals surface area (Å²) in [6.45, 7) is 4.60. The topological polar surface area (TPSA) is 111 Å². The van der Waals surface area contributed by atoms with Crippen LogP contribution in [0.25, 0.3) is 0 Å². The lowest BCUT2D eigenvalue weighted by atomic mass is 10.0. The SMILES string of the molecule is CC/C=C\C/C=C\C/C=C\C/C=C\C/C=C\C/C=C\C/C=C\C/C=C\C/C=C\C/C=C\CCCCCCCCCCCCC(=O)OC(COC(=O)CCCCCCCCCCCC)COC(OCC[N+](C)(C)C)C(=O)[O-]. The lowest BCUT2D eigenvalue weighted by molar-refractivity contribution is -0.870. The zero-order valence-corrected chi connectivity index (χ0v) is 49.1. The molecule has 0 amide bonds. The molecular formula is C67H111NO8. The van der Waals surface area contributed by atoms with Crippen molar-refractivity contribution in [2.45, 2.75) is 238 Å². The summed E-state index contributed by atoms with van der Waals surface area (Å²) in [7, 11) is 5.91. The predicted molar refractivity (Wildman–Crippen MR) is 320 cm³/mol. The minimum absolute atomic E-state index is 0.143. The molecule has 2 atom stereocenters. The molecule has 0 heterocycles. The number of nitrogens with zero attached hydrogens (tertiary/aromatic N) is 1. The molecule has 0 aromatic heterocycles. The van der Waals surface area contributed by atoms with Gasteiger partial charge in [-0.1, -0.05) is 245 Å². The number of aliphatic carboxylic acids is 1. The van der Waals surface area contributed by atoms with Gasteiger partial charge in [-0.15, -0.1) is 0 Å². The molecule has 0 bridgehead atoms. The van der Waals surface area contributed by atoms with Gasteiger partial charge in [-0.2, -0.15) is 0 Å². The van der Waals surface area contributed by atoms with Gasteiger partial charge in [-0.25, -0.2) is 0 Å². The zero-order valence-electron chi connectivity index (χ0n) is 49.1. The Balaban J connectivity index is 4.08. The van der Waals surface area contributed by atoms with E-state index in [4.69, 9.17) is 18.9 Å².